The van der Waals surface area contributed by atoms with Crippen molar-refractivity contribution in [1.82, 2.24) is 5.32 Å². The van der Waals surface area contributed by atoms with Crippen molar-refractivity contribution in [3.63, 3.8) is 0 Å². The van der Waals surface area contributed by atoms with Crippen molar-refractivity contribution in [3.8, 4) is 0 Å². The third-order valence-electron chi connectivity index (χ3n) is 2.67. The molecule has 0 spiro atoms. The lowest BCUT2D eigenvalue weighted by Crippen LogP contribution is -2.44. The van der Waals surface area contributed by atoms with Crippen molar-refractivity contribution in [3.05, 3.63) is 0 Å². The van der Waals surface area contributed by atoms with E-state index in [1.54, 1.807) is 0 Å². The maximum atomic E-state index is 11.6. The Balaban J connectivity index is 3.68. The molecule has 2 atom stereocenters. The van der Waals surface area contributed by atoms with Crippen LogP contribution in [-0.2, 0) is 9.53 Å². The molecule has 3 N–H and O–H groups in total. The van der Waals surface area contributed by atoms with Gasteiger partial charge in [0.15, 0.2) is 0 Å². The number of ether oxygens (including phenoxy) is 1. The Hall–Kier alpha value is -0.610. The summed E-state index contributed by atoms with van der Waals surface area (Å²) in [5, 5.41) is 2.91. The second-order valence-electron chi connectivity index (χ2n) is 4.22. The van der Waals surface area contributed by atoms with Gasteiger partial charge in [-0.05, 0) is 13.3 Å². The summed E-state index contributed by atoms with van der Waals surface area (Å²) in [6.07, 6.45) is 5.41. The summed E-state index contributed by atoms with van der Waals surface area (Å²) in [7, 11) is 1.50. The minimum atomic E-state index is -0.516. The molecule has 0 saturated heterocycles. The van der Waals surface area contributed by atoms with Gasteiger partial charge < -0.3 is 15.8 Å². The smallest absolute Gasteiger partial charge is 0.250 e. The number of nitrogens with one attached hydrogen (secondary N) is 1. The molecule has 2 unspecified atom stereocenters. The summed E-state index contributed by atoms with van der Waals surface area (Å²) in [6.45, 7) is 4.44. The largest absolute Gasteiger partial charge is 0.370 e. The van der Waals surface area contributed by atoms with E-state index in [1.807, 2.05) is 6.92 Å². The first kappa shape index (κ1) is 15.4. The quantitative estimate of drug-likeness (QED) is 0.589. The molecule has 0 aliphatic carbocycles. The molecule has 1 amide bonds. The number of hydrogen-bond donors (Lipinski definition) is 2. The average Bonchev–Trinajstić information content (AvgIpc) is 2.26. The van der Waals surface area contributed by atoms with Gasteiger partial charge in [-0.25, -0.2) is 0 Å². The van der Waals surface area contributed by atoms with Gasteiger partial charge in [0.2, 0.25) is 0 Å². The minimum absolute atomic E-state index is 0.104. The summed E-state index contributed by atoms with van der Waals surface area (Å²) in [4.78, 5) is 11.6. The van der Waals surface area contributed by atoms with Gasteiger partial charge in [-0.3, -0.25) is 4.79 Å². The fraction of sp³-hybridized carbons (Fsp3) is 0.917. The van der Waals surface area contributed by atoms with Crippen LogP contribution in [-0.4, -0.2) is 31.7 Å². The molecule has 4 nitrogen and oxygen atoms in total. The van der Waals surface area contributed by atoms with Crippen molar-refractivity contribution >= 4 is 5.91 Å². The van der Waals surface area contributed by atoms with Crippen molar-refractivity contribution in [1.29, 1.82) is 0 Å². The Morgan fingerprint density at radius 2 is 2.06 bits per heavy atom. The number of methoxy groups -OCH3 is 1. The van der Waals surface area contributed by atoms with E-state index in [-0.39, 0.29) is 18.5 Å². The molecule has 96 valence electrons. The predicted molar refractivity (Wildman–Crippen MR) is 66.2 cm³/mol. The molecule has 0 radical (unpaired) electrons. The van der Waals surface area contributed by atoms with Crippen molar-refractivity contribution in [2.24, 2.45) is 5.73 Å². The predicted octanol–water partition coefficient (Wildman–Crippen LogP) is 1.44. The molecular formula is C12H26N2O2. The summed E-state index contributed by atoms with van der Waals surface area (Å²) in [6, 6.07) is 0.202. The number of hydrogen-bond acceptors (Lipinski definition) is 3. The molecule has 0 fully saturated rings. The standard InChI is InChI=1S/C12H26N2O2/c1-4-5-6-7-8-10(2)14-12(15)11(9-13)16-3/h10-11H,4-9,13H2,1-3H3,(H,14,15). The zero-order chi connectivity index (χ0) is 12.4. The van der Waals surface area contributed by atoms with E-state index in [0.29, 0.717) is 0 Å². The molecule has 16 heavy (non-hydrogen) atoms. The van der Waals surface area contributed by atoms with E-state index in [9.17, 15) is 4.79 Å². The average molecular weight is 230 g/mol. The van der Waals surface area contributed by atoms with Crippen molar-refractivity contribution in [2.45, 2.75) is 58.1 Å². The van der Waals surface area contributed by atoms with Crippen molar-refractivity contribution < 1.29 is 9.53 Å². The Labute approximate surface area is 98.9 Å². The highest BCUT2D eigenvalue weighted by Crippen LogP contribution is 2.05. The Morgan fingerprint density at radius 1 is 1.38 bits per heavy atom. The second-order valence-corrected chi connectivity index (χ2v) is 4.22. The zero-order valence-electron chi connectivity index (χ0n) is 10.8. The lowest BCUT2D eigenvalue weighted by Gasteiger charge is -2.18. The number of unbranched alkanes of at least 4 members (excludes halogenated alkanes) is 3. The lowest BCUT2D eigenvalue weighted by atomic mass is 10.1. The molecule has 0 bridgehead atoms. The lowest BCUT2D eigenvalue weighted by molar-refractivity contribution is -0.131. The molecular weight excluding hydrogens is 204 g/mol. The summed E-state index contributed by atoms with van der Waals surface area (Å²) >= 11 is 0. The SMILES string of the molecule is CCCCCCC(C)NC(=O)C(CN)OC. The molecule has 0 heterocycles. The molecule has 4 heteroatoms. The van der Waals surface area contributed by atoms with Crippen molar-refractivity contribution in [2.75, 3.05) is 13.7 Å². The maximum Gasteiger partial charge on any atom is 0.250 e. The van der Waals surface area contributed by atoms with Gasteiger partial charge >= 0.3 is 0 Å². The monoisotopic (exact) mass is 230 g/mol. The zero-order valence-corrected chi connectivity index (χ0v) is 10.8. The fourth-order valence-electron chi connectivity index (χ4n) is 1.60. The molecule has 0 aliphatic heterocycles. The Kier molecular flexibility index (Phi) is 9.24. The van der Waals surface area contributed by atoms with Gasteiger partial charge in [0.25, 0.3) is 5.91 Å². The van der Waals surface area contributed by atoms with Crippen LogP contribution < -0.4 is 11.1 Å². The number of amides is 1. The highest BCUT2D eigenvalue weighted by atomic mass is 16.5. The normalized spacial score (nSPS) is 14.5. The number of nitrogens with two attached hydrogens (primary N) is 1. The van der Waals surface area contributed by atoms with Gasteiger partial charge in [-0.2, -0.15) is 0 Å². The maximum absolute atomic E-state index is 11.6. The third-order valence-corrected chi connectivity index (χ3v) is 2.67. The van der Waals surface area contributed by atoms with Crippen LogP contribution in [0.1, 0.15) is 46.0 Å². The van der Waals surface area contributed by atoms with Crippen LogP contribution in [0, 0.1) is 0 Å². The summed E-state index contributed by atoms with van der Waals surface area (Å²) in [5.41, 5.74) is 5.41. The van der Waals surface area contributed by atoms with Crippen LogP contribution in [0.2, 0.25) is 0 Å². The highest BCUT2D eigenvalue weighted by molar-refractivity contribution is 5.81. The van der Waals surface area contributed by atoms with Gasteiger partial charge in [-0.1, -0.05) is 32.6 Å². The molecule has 0 saturated carbocycles. The summed E-state index contributed by atoms with van der Waals surface area (Å²) in [5.74, 6) is -0.104. The Bertz CT molecular complexity index is 182. The van der Waals surface area contributed by atoms with E-state index in [2.05, 4.69) is 12.2 Å². The topological polar surface area (TPSA) is 64.4 Å². The van der Waals surface area contributed by atoms with Crippen LogP contribution in [0.5, 0.6) is 0 Å². The van der Waals surface area contributed by atoms with E-state index in [0.717, 1.165) is 12.8 Å². The minimum Gasteiger partial charge on any atom is -0.370 e. The van der Waals surface area contributed by atoms with Crippen LogP contribution in [0.25, 0.3) is 0 Å². The molecule has 0 aliphatic rings. The molecule has 0 aromatic rings. The van der Waals surface area contributed by atoms with Crippen LogP contribution in [0.15, 0.2) is 0 Å². The first-order valence-corrected chi connectivity index (χ1v) is 6.18. The van der Waals surface area contributed by atoms with Crippen LogP contribution >= 0.6 is 0 Å². The fourth-order valence-corrected chi connectivity index (χ4v) is 1.60. The highest BCUT2D eigenvalue weighted by Gasteiger charge is 2.17. The summed E-state index contributed by atoms with van der Waals surface area (Å²) < 4.78 is 4.97. The van der Waals surface area contributed by atoms with Gasteiger partial charge in [0.1, 0.15) is 6.10 Å². The first-order chi connectivity index (χ1) is 7.65. The second kappa shape index (κ2) is 9.60. The number of rotatable bonds is 9. The van der Waals surface area contributed by atoms with Gasteiger partial charge in [0.05, 0.1) is 0 Å². The van der Waals surface area contributed by atoms with Gasteiger partial charge in [0, 0.05) is 19.7 Å². The molecule has 0 rings (SSSR count). The van der Waals surface area contributed by atoms with E-state index in [4.69, 9.17) is 10.5 Å². The van der Waals surface area contributed by atoms with Crippen LogP contribution in [0.4, 0.5) is 0 Å². The van der Waals surface area contributed by atoms with E-state index < -0.39 is 6.10 Å². The van der Waals surface area contributed by atoms with Gasteiger partial charge in [-0.15, -0.1) is 0 Å². The van der Waals surface area contributed by atoms with E-state index in [1.165, 1.54) is 26.4 Å². The van der Waals surface area contributed by atoms with Crippen LogP contribution in [0.3, 0.4) is 0 Å². The molecule has 0 aromatic heterocycles. The van der Waals surface area contributed by atoms with E-state index >= 15 is 0 Å². The number of carbonyl (C=O) groups excluding carboxylic acids is 1. The Morgan fingerprint density at radius 3 is 2.56 bits per heavy atom. The first-order valence-electron chi connectivity index (χ1n) is 6.18. The molecule has 0 aromatic carbocycles. The third kappa shape index (κ3) is 6.80. The number of carbonyl (C=O) groups is 1.